The first-order valence-electron chi connectivity index (χ1n) is 8.30. The quantitative estimate of drug-likeness (QED) is 0.911. The molecule has 1 fully saturated rings. The van der Waals surface area contributed by atoms with E-state index in [1.165, 1.54) is 17.8 Å². The Morgan fingerprint density at radius 2 is 2.04 bits per heavy atom. The summed E-state index contributed by atoms with van der Waals surface area (Å²) in [6.45, 7) is 8.07. The molecule has 0 bridgehead atoms. The number of morpholine rings is 1. The number of aryl methyl sites for hydroxylation is 1. The van der Waals surface area contributed by atoms with Crippen LogP contribution in [0.4, 0.5) is 16.0 Å². The lowest BCUT2D eigenvalue weighted by Crippen LogP contribution is -2.38. The lowest BCUT2D eigenvalue weighted by Gasteiger charge is -2.29. The summed E-state index contributed by atoms with van der Waals surface area (Å²) >= 11 is 0. The van der Waals surface area contributed by atoms with Crippen molar-refractivity contribution in [1.82, 2.24) is 14.8 Å². The highest BCUT2D eigenvalue weighted by Crippen LogP contribution is 2.29. The van der Waals surface area contributed by atoms with E-state index in [1.54, 1.807) is 6.07 Å². The van der Waals surface area contributed by atoms with E-state index in [0.717, 1.165) is 37.8 Å². The van der Waals surface area contributed by atoms with Gasteiger partial charge in [0, 0.05) is 32.2 Å². The molecule has 0 amide bonds. The predicted molar refractivity (Wildman–Crippen MR) is 91.9 cm³/mol. The molecule has 3 heterocycles. The van der Waals surface area contributed by atoms with Crippen LogP contribution in [-0.4, -0.2) is 41.1 Å². The topological polar surface area (TPSA) is 55.2 Å². The molecular weight excluding hydrogens is 309 g/mol. The largest absolute Gasteiger partial charge is 0.378 e. The maximum atomic E-state index is 13.0. The number of pyridine rings is 1. The lowest BCUT2D eigenvalue weighted by atomic mass is 10.0. The molecule has 0 saturated carbocycles. The van der Waals surface area contributed by atoms with Crippen molar-refractivity contribution in [3.8, 4) is 0 Å². The van der Waals surface area contributed by atoms with Gasteiger partial charge in [0.25, 0.3) is 0 Å². The summed E-state index contributed by atoms with van der Waals surface area (Å²) in [4.78, 5) is 6.39. The first-order chi connectivity index (χ1) is 11.6. The fourth-order valence-electron chi connectivity index (χ4n) is 3.04. The minimum absolute atomic E-state index is 0.323. The fourth-order valence-corrected chi connectivity index (χ4v) is 3.04. The smallest absolute Gasteiger partial charge is 0.141 e. The van der Waals surface area contributed by atoms with Crippen LogP contribution in [-0.2, 0) is 18.3 Å². The molecule has 2 aromatic heterocycles. The summed E-state index contributed by atoms with van der Waals surface area (Å²) in [6.07, 6.45) is 1.22. The normalized spacial score (nSPS) is 15.1. The van der Waals surface area contributed by atoms with E-state index in [1.807, 2.05) is 11.7 Å². The van der Waals surface area contributed by atoms with E-state index in [2.05, 4.69) is 29.0 Å². The van der Waals surface area contributed by atoms with Crippen molar-refractivity contribution >= 4 is 11.6 Å². The Labute approximate surface area is 141 Å². The van der Waals surface area contributed by atoms with E-state index in [4.69, 9.17) is 9.84 Å². The second-order valence-electron chi connectivity index (χ2n) is 6.28. The Morgan fingerprint density at radius 3 is 2.67 bits per heavy atom. The lowest BCUT2D eigenvalue weighted by molar-refractivity contribution is 0.122. The second-order valence-corrected chi connectivity index (χ2v) is 6.28. The highest BCUT2D eigenvalue weighted by molar-refractivity contribution is 5.53. The highest BCUT2D eigenvalue weighted by Gasteiger charge is 2.24. The van der Waals surface area contributed by atoms with E-state index >= 15 is 0 Å². The van der Waals surface area contributed by atoms with Gasteiger partial charge in [0.15, 0.2) is 0 Å². The van der Waals surface area contributed by atoms with Crippen molar-refractivity contribution in [1.29, 1.82) is 0 Å². The third-order valence-electron chi connectivity index (χ3n) is 4.17. The van der Waals surface area contributed by atoms with Crippen LogP contribution in [0.15, 0.2) is 18.3 Å². The number of hydrogen-bond donors (Lipinski definition) is 1. The number of nitrogens with one attached hydrogen (secondary N) is 1. The van der Waals surface area contributed by atoms with Crippen molar-refractivity contribution in [3.05, 3.63) is 35.4 Å². The van der Waals surface area contributed by atoms with Crippen molar-refractivity contribution in [2.24, 2.45) is 7.05 Å². The molecule has 0 spiro atoms. The number of halogens is 1. The van der Waals surface area contributed by atoms with Crippen LogP contribution in [0.2, 0.25) is 0 Å². The molecule has 24 heavy (non-hydrogen) atoms. The molecule has 3 rings (SSSR count). The zero-order valence-electron chi connectivity index (χ0n) is 14.4. The van der Waals surface area contributed by atoms with Gasteiger partial charge in [-0.05, 0) is 18.1 Å². The van der Waals surface area contributed by atoms with Crippen molar-refractivity contribution in [2.75, 3.05) is 36.5 Å². The molecule has 6 nitrogen and oxygen atoms in total. The maximum Gasteiger partial charge on any atom is 0.141 e. The SMILES string of the molecule is CC(C)c1nn(C)c(N2CCOCC2)c1CNc1ccc(F)cn1. The molecule has 0 aromatic carbocycles. The van der Waals surface area contributed by atoms with Crippen LogP contribution in [0.25, 0.3) is 0 Å². The Hall–Kier alpha value is -2.15. The third kappa shape index (κ3) is 3.51. The summed E-state index contributed by atoms with van der Waals surface area (Å²) < 4.78 is 20.4. The van der Waals surface area contributed by atoms with Gasteiger partial charge in [-0.15, -0.1) is 0 Å². The van der Waals surface area contributed by atoms with E-state index < -0.39 is 0 Å². The molecule has 2 aromatic rings. The van der Waals surface area contributed by atoms with Crippen LogP contribution in [0.1, 0.15) is 31.0 Å². The molecular formula is C17H24FN5O. The molecule has 0 unspecified atom stereocenters. The van der Waals surface area contributed by atoms with Crippen molar-refractivity contribution < 1.29 is 9.13 Å². The van der Waals surface area contributed by atoms with Gasteiger partial charge in [-0.1, -0.05) is 13.8 Å². The zero-order chi connectivity index (χ0) is 17.1. The van der Waals surface area contributed by atoms with Crippen LogP contribution in [0, 0.1) is 5.82 Å². The molecule has 0 atom stereocenters. The monoisotopic (exact) mass is 333 g/mol. The first kappa shape index (κ1) is 16.7. The molecule has 0 radical (unpaired) electrons. The minimum atomic E-state index is -0.334. The molecule has 7 heteroatoms. The molecule has 0 aliphatic carbocycles. The summed E-state index contributed by atoms with van der Waals surface area (Å²) in [5.41, 5.74) is 2.24. The minimum Gasteiger partial charge on any atom is -0.378 e. The average molecular weight is 333 g/mol. The summed E-state index contributed by atoms with van der Waals surface area (Å²) in [6, 6.07) is 3.06. The van der Waals surface area contributed by atoms with Crippen molar-refractivity contribution in [3.63, 3.8) is 0 Å². The van der Waals surface area contributed by atoms with Gasteiger partial charge in [-0.3, -0.25) is 4.68 Å². The van der Waals surface area contributed by atoms with E-state index in [9.17, 15) is 4.39 Å². The van der Waals surface area contributed by atoms with Gasteiger partial charge in [0.05, 0.1) is 25.1 Å². The Bertz CT molecular complexity index is 677. The summed E-state index contributed by atoms with van der Waals surface area (Å²) in [5, 5.41) is 8.01. The first-order valence-corrected chi connectivity index (χ1v) is 8.30. The number of ether oxygens (including phenoxy) is 1. The standard InChI is InChI=1S/C17H24FN5O/c1-12(2)16-14(11-20-15-5-4-13(18)10-19-15)17(22(3)21-16)23-6-8-24-9-7-23/h4-5,10,12H,6-9,11H2,1-3H3,(H,19,20). The van der Waals surface area contributed by atoms with Gasteiger partial charge in [-0.2, -0.15) is 5.10 Å². The van der Waals surface area contributed by atoms with Crippen LogP contribution in [0.3, 0.4) is 0 Å². The zero-order valence-corrected chi connectivity index (χ0v) is 14.4. The number of aromatic nitrogens is 3. The van der Waals surface area contributed by atoms with Gasteiger partial charge in [-0.25, -0.2) is 9.37 Å². The molecule has 1 aliphatic rings. The third-order valence-corrected chi connectivity index (χ3v) is 4.17. The number of rotatable bonds is 5. The molecule has 1 saturated heterocycles. The molecule has 1 aliphatic heterocycles. The Kier molecular flexibility index (Phi) is 4.99. The fraction of sp³-hybridized carbons (Fsp3) is 0.529. The average Bonchev–Trinajstić information content (AvgIpc) is 2.92. The van der Waals surface area contributed by atoms with E-state index in [-0.39, 0.29) is 5.82 Å². The number of anilines is 2. The Morgan fingerprint density at radius 1 is 1.29 bits per heavy atom. The summed E-state index contributed by atoms with van der Waals surface area (Å²) in [7, 11) is 1.98. The summed E-state index contributed by atoms with van der Waals surface area (Å²) in [5.74, 6) is 1.77. The van der Waals surface area contributed by atoms with Gasteiger partial charge < -0.3 is 15.0 Å². The molecule has 1 N–H and O–H groups in total. The van der Waals surface area contributed by atoms with Gasteiger partial charge in [0.1, 0.15) is 17.5 Å². The van der Waals surface area contributed by atoms with Gasteiger partial charge in [0.2, 0.25) is 0 Å². The number of hydrogen-bond acceptors (Lipinski definition) is 5. The highest BCUT2D eigenvalue weighted by atomic mass is 19.1. The van der Waals surface area contributed by atoms with Crippen LogP contribution in [0.5, 0.6) is 0 Å². The Balaban J connectivity index is 1.87. The predicted octanol–water partition coefficient (Wildman–Crippen LogP) is 2.53. The van der Waals surface area contributed by atoms with Crippen molar-refractivity contribution in [2.45, 2.75) is 26.3 Å². The molecule has 130 valence electrons. The maximum absolute atomic E-state index is 13.0. The van der Waals surface area contributed by atoms with Crippen LogP contribution < -0.4 is 10.2 Å². The van der Waals surface area contributed by atoms with Gasteiger partial charge >= 0.3 is 0 Å². The van der Waals surface area contributed by atoms with Crippen LogP contribution >= 0.6 is 0 Å². The second kappa shape index (κ2) is 7.17. The number of nitrogens with zero attached hydrogens (tertiary/aromatic N) is 4. The van der Waals surface area contributed by atoms with E-state index in [0.29, 0.717) is 18.3 Å².